The first-order chi connectivity index (χ1) is 6.24. The van der Waals surface area contributed by atoms with Crippen LogP contribution in [0.3, 0.4) is 0 Å². The molecule has 0 aliphatic rings. The molecule has 1 N–H and O–H groups in total. The molecule has 0 radical (unpaired) electrons. The number of thiol groups is 1. The molecule has 0 saturated carbocycles. The van der Waals surface area contributed by atoms with Gasteiger partial charge in [-0.05, 0) is 42.9 Å². The fourth-order valence-electron chi connectivity index (χ4n) is 1.13. The van der Waals surface area contributed by atoms with Crippen LogP contribution in [0.15, 0.2) is 18.2 Å². The number of halogens is 1. The lowest BCUT2D eigenvalue weighted by Gasteiger charge is -2.08. The highest BCUT2D eigenvalue weighted by Crippen LogP contribution is 2.19. The molecule has 1 aromatic carbocycles. The van der Waals surface area contributed by atoms with Crippen molar-refractivity contribution in [3.63, 3.8) is 0 Å². The van der Waals surface area contributed by atoms with Gasteiger partial charge in [-0.25, -0.2) is 0 Å². The maximum Gasteiger partial charge on any atom is 0.0410 e. The molecule has 0 amide bonds. The fourth-order valence-corrected chi connectivity index (χ4v) is 1.51. The quantitative estimate of drug-likeness (QED) is 0.580. The van der Waals surface area contributed by atoms with E-state index in [4.69, 9.17) is 11.6 Å². The molecule has 0 aliphatic carbocycles. The second-order valence-corrected chi connectivity index (χ2v) is 3.85. The van der Waals surface area contributed by atoms with Gasteiger partial charge in [0.25, 0.3) is 0 Å². The topological polar surface area (TPSA) is 12.0 Å². The van der Waals surface area contributed by atoms with Gasteiger partial charge in [-0.15, -0.1) is 0 Å². The van der Waals surface area contributed by atoms with Crippen LogP contribution >= 0.6 is 24.2 Å². The van der Waals surface area contributed by atoms with Crippen molar-refractivity contribution in [1.82, 2.24) is 0 Å². The van der Waals surface area contributed by atoms with E-state index in [0.717, 1.165) is 29.4 Å². The molecule has 72 valence electrons. The first kappa shape index (κ1) is 10.7. The van der Waals surface area contributed by atoms with Gasteiger partial charge in [0.05, 0.1) is 0 Å². The van der Waals surface area contributed by atoms with Gasteiger partial charge in [0.15, 0.2) is 0 Å². The van der Waals surface area contributed by atoms with Crippen LogP contribution in [0.4, 0.5) is 5.69 Å². The maximum absolute atomic E-state index is 5.84. The Labute approximate surface area is 89.9 Å². The largest absolute Gasteiger partial charge is 0.385 e. The number of aryl methyl sites for hydroxylation is 1. The molecule has 0 spiro atoms. The number of hydrogen-bond acceptors (Lipinski definition) is 2. The summed E-state index contributed by atoms with van der Waals surface area (Å²) >= 11 is 9.99. The van der Waals surface area contributed by atoms with Crippen molar-refractivity contribution in [3.8, 4) is 0 Å². The van der Waals surface area contributed by atoms with Gasteiger partial charge in [-0.3, -0.25) is 0 Å². The van der Waals surface area contributed by atoms with Crippen LogP contribution in [0.2, 0.25) is 5.02 Å². The monoisotopic (exact) mass is 215 g/mol. The molecule has 1 aromatic rings. The third-order valence-corrected chi connectivity index (χ3v) is 2.39. The van der Waals surface area contributed by atoms with Gasteiger partial charge in [-0.1, -0.05) is 11.6 Å². The molecule has 0 atom stereocenters. The third-order valence-electron chi connectivity index (χ3n) is 1.84. The minimum atomic E-state index is 0.789. The Morgan fingerprint density at radius 2 is 2.23 bits per heavy atom. The summed E-state index contributed by atoms with van der Waals surface area (Å²) in [6.45, 7) is 3.01. The molecule has 0 aliphatic heterocycles. The van der Waals surface area contributed by atoms with E-state index in [2.05, 4.69) is 24.9 Å². The van der Waals surface area contributed by atoms with Crippen LogP contribution in [0.25, 0.3) is 0 Å². The Kier molecular flexibility index (Phi) is 4.46. The summed E-state index contributed by atoms with van der Waals surface area (Å²) in [6, 6.07) is 5.87. The van der Waals surface area contributed by atoms with Crippen LogP contribution in [0.1, 0.15) is 12.0 Å². The Bertz CT molecular complexity index is 276. The van der Waals surface area contributed by atoms with Crippen molar-refractivity contribution in [3.05, 3.63) is 28.8 Å². The number of benzene rings is 1. The first-order valence-corrected chi connectivity index (χ1v) is 5.36. The molecule has 0 bridgehead atoms. The van der Waals surface area contributed by atoms with Crippen molar-refractivity contribution >= 4 is 29.9 Å². The minimum Gasteiger partial charge on any atom is -0.385 e. The summed E-state index contributed by atoms with van der Waals surface area (Å²) in [5, 5.41) is 4.12. The second kappa shape index (κ2) is 5.40. The van der Waals surface area contributed by atoms with Crippen molar-refractivity contribution < 1.29 is 0 Å². The highest BCUT2D eigenvalue weighted by molar-refractivity contribution is 7.80. The van der Waals surface area contributed by atoms with Gasteiger partial charge in [0.1, 0.15) is 0 Å². The zero-order chi connectivity index (χ0) is 9.68. The number of nitrogens with one attached hydrogen (secondary N) is 1. The molecular formula is C10H14ClNS. The maximum atomic E-state index is 5.84. The first-order valence-electron chi connectivity index (χ1n) is 4.35. The molecule has 13 heavy (non-hydrogen) atoms. The second-order valence-electron chi connectivity index (χ2n) is 2.96. The fraction of sp³-hybridized carbons (Fsp3) is 0.400. The van der Waals surface area contributed by atoms with E-state index in [-0.39, 0.29) is 0 Å². The summed E-state index contributed by atoms with van der Waals surface area (Å²) < 4.78 is 0. The average molecular weight is 216 g/mol. The Hall–Kier alpha value is -0.340. The van der Waals surface area contributed by atoms with Gasteiger partial charge >= 0.3 is 0 Å². The summed E-state index contributed by atoms with van der Waals surface area (Å²) in [5.41, 5.74) is 2.35. The average Bonchev–Trinajstić information content (AvgIpc) is 2.09. The van der Waals surface area contributed by atoms with Crippen LogP contribution in [-0.2, 0) is 0 Å². The molecule has 0 saturated heterocycles. The Morgan fingerprint density at radius 3 is 2.85 bits per heavy atom. The normalized spacial score (nSPS) is 10.1. The van der Waals surface area contributed by atoms with E-state index in [9.17, 15) is 0 Å². The predicted octanol–water partition coefficient (Wildman–Crippen LogP) is 3.38. The molecule has 0 fully saturated rings. The molecule has 0 unspecified atom stereocenters. The molecular weight excluding hydrogens is 202 g/mol. The van der Waals surface area contributed by atoms with Crippen molar-refractivity contribution in [1.29, 1.82) is 0 Å². The van der Waals surface area contributed by atoms with Crippen LogP contribution < -0.4 is 5.32 Å². The zero-order valence-electron chi connectivity index (χ0n) is 7.68. The Morgan fingerprint density at radius 1 is 1.46 bits per heavy atom. The van der Waals surface area contributed by atoms with Crippen molar-refractivity contribution in [2.75, 3.05) is 17.6 Å². The molecule has 1 nitrogen and oxygen atoms in total. The molecule has 0 aromatic heterocycles. The van der Waals surface area contributed by atoms with Crippen molar-refractivity contribution in [2.45, 2.75) is 13.3 Å². The lowest BCUT2D eigenvalue weighted by molar-refractivity contribution is 0.993. The predicted molar refractivity (Wildman–Crippen MR) is 63.1 cm³/mol. The lowest BCUT2D eigenvalue weighted by atomic mass is 10.2. The zero-order valence-corrected chi connectivity index (χ0v) is 9.33. The molecule has 0 heterocycles. The van der Waals surface area contributed by atoms with E-state index in [1.807, 2.05) is 18.2 Å². The van der Waals surface area contributed by atoms with E-state index < -0.39 is 0 Å². The molecule has 1 rings (SSSR count). The van der Waals surface area contributed by atoms with E-state index in [1.165, 1.54) is 5.56 Å². The third kappa shape index (κ3) is 3.49. The van der Waals surface area contributed by atoms with E-state index >= 15 is 0 Å². The lowest BCUT2D eigenvalue weighted by Crippen LogP contribution is -2.03. The Balaban J connectivity index is 2.56. The van der Waals surface area contributed by atoms with Crippen LogP contribution in [0.5, 0.6) is 0 Å². The van der Waals surface area contributed by atoms with Gasteiger partial charge in [0.2, 0.25) is 0 Å². The smallest absolute Gasteiger partial charge is 0.0410 e. The number of hydrogen-bond donors (Lipinski definition) is 2. The van der Waals surface area contributed by atoms with E-state index in [0.29, 0.717) is 0 Å². The highest BCUT2D eigenvalue weighted by Gasteiger charge is 1.97. The standard InChI is InChI=1S/C10H14ClNS/c1-8-7-9(11)3-4-10(8)12-5-2-6-13/h3-4,7,12-13H,2,5-6H2,1H3. The van der Waals surface area contributed by atoms with Crippen molar-refractivity contribution in [2.24, 2.45) is 0 Å². The van der Waals surface area contributed by atoms with Gasteiger partial charge in [0, 0.05) is 17.3 Å². The van der Waals surface area contributed by atoms with Crippen LogP contribution in [-0.4, -0.2) is 12.3 Å². The number of anilines is 1. The van der Waals surface area contributed by atoms with Gasteiger partial charge in [-0.2, -0.15) is 12.6 Å². The van der Waals surface area contributed by atoms with Crippen LogP contribution in [0, 0.1) is 6.92 Å². The summed E-state index contributed by atoms with van der Waals surface area (Å²) in [4.78, 5) is 0. The number of rotatable bonds is 4. The minimum absolute atomic E-state index is 0.789. The SMILES string of the molecule is Cc1cc(Cl)ccc1NCCCS. The molecule has 3 heteroatoms. The summed E-state index contributed by atoms with van der Waals surface area (Å²) in [5.74, 6) is 0.916. The summed E-state index contributed by atoms with van der Waals surface area (Å²) in [7, 11) is 0. The van der Waals surface area contributed by atoms with E-state index in [1.54, 1.807) is 0 Å². The highest BCUT2D eigenvalue weighted by atomic mass is 35.5. The van der Waals surface area contributed by atoms with Gasteiger partial charge < -0.3 is 5.32 Å². The summed E-state index contributed by atoms with van der Waals surface area (Å²) in [6.07, 6.45) is 1.07.